The van der Waals surface area contributed by atoms with E-state index in [0.717, 1.165) is 11.3 Å². The van der Waals surface area contributed by atoms with Crippen molar-refractivity contribution in [1.82, 2.24) is 10.3 Å². The van der Waals surface area contributed by atoms with E-state index in [9.17, 15) is 5.11 Å². The van der Waals surface area contributed by atoms with E-state index in [1.807, 2.05) is 19.1 Å². The fourth-order valence-corrected chi connectivity index (χ4v) is 2.19. The van der Waals surface area contributed by atoms with Gasteiger partial charge in [-0.05, 0) is 39.2 Å². The summed E-state index contributed by atoms with van der Waals surface area (Å²) in [6, 6.07) is 3.81. The summed E-state index contributed by atoms with van der Waals surface area (Å²) in [5, 5.41) is 13.5. The average Bonchev–Trinajstić information content (AvgIpc) is 2.24. The first-order valence-electron chi connectivity index (χ1n) is 5.95. The second-order valence-corrected chi connectivity index (χ2v) is 4.99. The minimum Gasteiger partial charge on any atom is -0.387 e. The number of pyridine rings is 1. The van der Waals surface area contributed by atoms with Crippen LogP contribution in [0.15, 0.2) is 18.3 Å². The Morgan fingerprint density at radius 2 is 2.31 bits per heavy atom. The van der Waals surface area contributed by atoms with Gasteiger partial charge in [-0.25, -0.2) is 0 Å². The van der Waals surface area contributed by atoms with Gasteiger partial charge in [0.15, 0.2) is 0 Å². The Morgan fingerprint density at radius 3 is 2.88 bits per heavy atom. The number of aromatic nitrogens is 1. The number of aryl methyl sites for hydroxylation is 1. The van der Waals surface area contributed by atoms with Gasteiger partial charge in [-0.15, -0.1) is 0 Å². The molecule has 0 aromatic carbocycles. The first-order valence-corrected chi connectivity index (χ1v) is 5.95. The van der Waals surface area contributed by atoms with Crippen LogP contribution in [0.3, 0.4) is 0 Å². The smallest absolute Gasteiger partial charge is 0.0932 e. The number of aliphatic hydroxyl groups is 1. The van der Waals surface area contributed by atoms with E-state index in [1.165, 1.54) is 19.3 Å². The van der Waals surface area contributed by atoms with Gasteiger partial charge in [-0.1, -0.05) is 6.07 Å². The van der Waals surface area contributed by atoms with Crippen molar-refractivity contribution in [2.75, 3.05) is 6.54 Å². The van der Waals surface area contributed by atoms with Crippen LogP contribution in [0.25, 0.3) is 0 Å². The normalized spacial score (nSPS) is 20.2. The van der Waals surface area contributed by atoms with E-state index in [0.29, 0.717) is 6.54 Å². The van der Waals surface area contributed by atoms with Gasteiger partial charge in [-0.3, -0.25) is 4.98 Å². The molecule has 2 rings (SSSR count). The summed E-state index contributed by atoms with van der Waals surface area (Å²) in [6.07, 6.45) is 5.03. The molecule has 1 fully saturated rings. The third-order valence-corrected chi connectivity index (χ3v) is 3.59. The van der Waals surface area contributed by atoms with Crippen LogP contribution < -0.4 is 5.32 Å². The molecule has 1 saturated carbocycles. The Bertz CT molecular complexity index is 361. The highest BCUT2D eigenvalue weighted by atomic mass is 16.3. The zero-order chi connectivity index (χ0) is 11.6. The third-order valence-electron chi connectivity index (χ3n) is 3.59. The quantitative estimate of drug-likeness (QED) is 0.815. The van der Waals surface area contributed by atoms with Crippen LogP contribution in [-0.4, -0.2) is 22.2 Å². The monoisotopic (exact) mass is 220 g/mol. The summed E-state index contributed by atoms with van der Waals surface area (Å²) in [6.45, 7) is 4.77. The van der Waals surface area contributed by atoms with Crippen LogP contribution in [0.2, 0.25) is 0 Å². The van der Waals surface area contributed by atoms with Crippen molar-refractivity contribution in [3.05, 3.63) is 29.6 Å². The van der Waals surface area contributed by atoms with Crippen LogP contribution >= 0.6 is 0 Å². The molecule has 1 heterocycles. The summed E-state index contributed by atoms with van der Waals surface area (Å²) < 4.78 is 0. The van der Waals surface area contributed by atoms with Gasteiger partial charge in [-0.2, -0.15) is 0 Å². The maximum Gasteiger partial charge on any atom is 0.0932 e. The summed E-state index contributed by atoms with van der Waals surface area (Å²) in [5.41, 5.74) is 2.09. The lowest BCUT2D eigenvalue weighted by molar-refractivity contribution is 0.131. The zero-order valence-corrected chi connectivity index (χ0v) is 10.0. The van der Waals surface area contributed by atoms with Crippen LogP contribution in [0.4, 0.5) is 0 Å². The molecule has 1 atom stereocenters. The SMILES string of the molecule is Cc1ncccc1[C@@H](O)CNC1(C)CCC1. The molecule has 0 saturated heterocycles. The van der Waals surface area contributed by atoms with Gasteiger partial charge in [0.1, 0.15) is 0 Å². The van der Waals surface area contributed by atoms with Crippen LogP contribution in [0, 0.1) is 6.92 Å². The van der Waals surface area contributed by atoms with Gasteiger partial charge in [0, 0.05) is 29.5 Å². The summed E-state index contributed by atoms with van der Waals surface area (Å²) in [4.78, 5) is 4.19. The maximum atomic E-state index is 10.1. The zero-order valence-electron chi connectivity index (χ0n) is 10.0. The molecule has 1 aliphatic rings. The van der Waals surface area contributed by atoms with Gasteiger partial charge in [0.05, 0.1) is 6.10 Å². The Labute approximate surface area is 96.9 Å². The van der Waals surface area contributed by atoms with E-state index in [-0.39, 0.29) is 5.54 Å². The summed E-state index contributed by atoms with van der Waals surface area (Å²) in [7, 11) is 0. The number of nitrogens with zero attached hydrogens (tertiary/aromatic N) is 1. The van der Waals surface area contributed by atoms with Crippen molar-refractivity contribution in [3.63, 3.8) is 0 Å². The highest BCUT2D eigenvalue weighted by molar-refractivity contribution is 5.21. The summed E-state index contributed by atoms with van der Waals surface area (Å²) >= 11 is 0. The lowest BCUT2D eigenvalue weighted by Gasteiger charge is -2.40. The minimum atomic E-state index is -0.453. The maximum absolute atomic E-state index is 10.1. The second kappa shape index (κ2) is 4.52. The summed E-state index contributed by atoms with van der Waals surface area (Å²) in [5.74, 6) is 0. The number of rotatable bonds is 4. The van der Waals surface area contributed by atoms with Gasteiger partial charge >= 0.3 is 0 Å². The number of hydrogen-bond acceptors (Lipinski definition) is 3. The molecule has 0 amide bonds. The lowest BCUT2D eigenvalue weighted by Crippen LogP contribution is -2.49. The lowest BCUT2D eigenvalue weighted by atomic mass is 9.78. The number of nitrogens with one attached hydrogen (secondary N) is 1. The van der Waals surface area contributed by atoms with E-state index < -0.39 is 6.10 Å². The highest BCUT2D eigenvalue weighted by Gasteiger charge is 2.31. The fraction of sp³-hybridized carbons (Fsp3) is 0.615. The fourth-order valence-electron chi connectivity index (χ4n) is 2.19. The number of hydrogen-bond donors (Lipinski definition) is 2. The van der Waals surface area contributed by atoms with E-state index in [4.69, 9.17) is 0 Å². The van der Waals surface area contributed by atoms with Crippen molar-refractivity contribution < 1.29 is 5.11 Å². The number of β-amino-alcohol motifs (C(OH)–C–C–N with tert-alkyl or cyclic N) is 1. The van der Waals surface area contributed by atoms with Crippen LogP contribution in [-0.2, 0) is 0 Å². The molecule has 1 aromatic heterocycles. The molecule has 0 spiro atoms. The molecular weight excluding hydrogens is 200 g/mol. The molecular formula is C13H20N2O. The van der Waals surface area contributed by atoms with Crippen LogP contribution in [0.5, 0.6) is 0 Å². The van der Waals surface area contributed by atoms with Gasteiger partial charge in [0.2, 0.25) is 0 Å². The van der Waals surface area contributed by atoms with Crippen molar-refractivity contribution in [2.24, 2.45) is 0 Å². The molecule has 0 unspecified atom stereocenters. The highest BCUT2D eigenvalue weighted by Crippen LogP contribution is 2.31. The van der Waals surface area contributed by atoms with Gasteiger partial charge < -0.3 is 10.4 Å². The first kappa shape index (κ1) is 11.6. The molecule has 0 bridgehead atoms. The standard InChI is InChI=1S/C13H20N2O/c1-10-11(5-3-8-14-10)12(16)9-15-13(2)6-4-7-13/h3,5,8,12,15-16H,4,6-7,9H2,1-2H3/t12-/m0/s1. The molecule has 0 aliphatic heterocycles. The van der Waals surface area contributed by atoms with E-state index in [2.05, 4.69) is 17.2 Å². The average molecular weight is 220 g/mol. The largest absolute Gasteiger partial charge is 0.387 e. The second-order valence-electron chi connectivity index (χ2n) is 4.99. The molecule has 2 N–H and O–H groups in total. The van der Waals surface area contributed by atoms with E-state index in [1.54, 1.807) is 6.20 Å². The van der Waals surface area contributed by atoms with Gasteiger partial charge in [0.25, 0.3) is 0 Å². The molecule has 1 aromatic rings. The first-order chi connectivity index (χ1) is 7.61. The molecule has 3 heteroatoms. The molecule has 3 nitrogen and oxygen atoms in total. The van der Waals surface area contributed by atoms with Crippen molar-refractivity contribution in [1.29, 1.82) is 0 Å². The Morgan fingerprint density at radius 1 is 1.56 bits per heavy atom. The Hall–Kier alpha value is -0.930. The number of aliphatic hydroxyl groups excluding tert-OH is 1. The van der Waals surface area contributed by atoms with Crippen molar-refractivity contribution in [3.8, 4) is 0 Å². The van der Waals surface area contributed by atoms with Crippen molar-refractivity contribution >= 4 is 0 Å². The predicted molar refractivity (Wildman–Crippen MR) is 64.2 cm³/mol. The van der Waals surface area contributed by atoms with Crippen molar-refractivity contribution in [2.45, 2.75) is 44.8 Å². The predicted octanol–water partition coefficient (Wildman–Crippen LogP) is 1.96. The molecule has 0 radical (unpaired) electrons. The Balaban J connectivity index is 1.93. The van der Waals surface area contributed by atoms with E-state index >= 15 is 0 Å². The molecule has 16 heavy (non-hydrogen) atoms. The molecule has 1 aliphatic carbocycles. The molecule has 88 valence electrons. The van der Waals surface area contributed by atoms with Crippen LogP contribution in [0.1, 0.15) is 43.5 Å². The minimum absolute atomic E-state index is 0.247. The topological polar surface area (TPSA) is 45.2 Å². The third kappa shape index (κ3) is 2.42. The Kier molecular flexibility index (Phi) is 3.26.